The molecule has 0 heterocycles. The van der Waals surface area contributed by atoms with Crippen LogP contribution in [0.1, 0.15) is 72.1 Å². The topological polar surface area (TPSA) is 87.7 Å². The van der Waals surface area contributed by atoms with E-state index in [-0.39, 0.29) is 18.4 Å². The van der Waals surface area contributed by atoms with Crippen LogP contribution in [-0.2, 0) is 14.3 Å². The normalized spacial score (nSPS) is 12.3. The van der Waals surface area contributed by atoms with Crippen LogP contribution >= 0.6 is 0 Å². The molecule has 31 heavy (non-hydrogen) atoms. The molecular formula is C24H35N3O4. The zero-order valence-electron chi connectivity index (χ0n) is 19.7. The van der Waals surface area contributed by atoms with Crippen molar-refractivity contribution in [2.75, 3.05) is 13.1 Å². The number of carbonyl (C=O) groups is 3. The van der Waals surface area contributed by atoms with Gasteiger partial charge in [0.2, 0.25) is 11.8 Å². The molecule has 0 radical (unpaired) electrons. The van der Waals surface area contributed by atoms with Gasteiger partial charge in [0.25, 0.3) is 0 Å². The van der Waals surface area contributed by atoms with Gasteiger partial charge in [0.1, 0.15) is 18.2 Å². The van der Waals surface area contributed by atoms with E-state index in [2.05, 4.69) is 16.6 Å². The Morgan fingerprint density at radius 2 is 1.68 bits per heavy atom. The van der Waals surface area contributed by atoms with Crippen molar-refractivity contribution in [1.29, 1.82) is 0 Å². The van der Waals surface area contributed by atoms with E-state index in [1.165, 1.54) is 4.90 Å². The van der Waals surface area contributed by atoms with E-state index in [0.717, 1.165) is 0 Å². The van der Waals surface area contributed by atoms with Gasteiger partial charge >= 0.3 is 6.09 Å². The maximum absolute atomic E-state index is 13.2. The van der Waals surface area contributed by atoms with Crippen LogP contribution < -0.4 is 10.6 Å². The Kier molecular flexibility index (Phi) is 9.11. The maximum Gasteiger partial charge on any atom is 0.408 e. The number of hydrogen-bond acceptors (Lipinski definition) is 4. The predicted molar refractivity (Wildman–Crippen MR) is 121 cm³/mol. The van der Waals surface area contributed by atoms with Gasteiger partial charge in [-0.3, -0.25) is 9.59 Å². The van der Waals surface area contributed by atoms with Crippen LogP contribution in [0.15, 0.2) is 24.3 Å². The second kappa shape index (κ2) is 10.9. The van der Waals surface area contributed by atoms with Crippen molar-refractivity contribution in [3.8, 4) is 12.3 Å². The van der Waals surface area contributed by atoms with Gasteiger partial charge in [-0.1, -0.05) is 25.0 Å². The molecule has 1 unspecified atom stereocenters. The molecular weight excluding hydrogens is 394 g/mol. The molecule has 0 saturated heterocycles. The Labute approximate surface area is 185 Å². The Hall–Kier alpha value is -3.01. The number of terminal acetylenes is 1. The van der Waals surface area contributed by atoms with Crippen molar-refractivity contribution in [1.82, 2.24) is 15.5 Å². The standard InChI is InChI=1S/C24H35N3O4/c1-9-15-27(19(28)16-25-22(30)31-24(6,7)8)20(21(29)26-23(3,4)5)18-13-11-17(10-2)12-14-18/h2,11-14,20H,9,15-16H2,1,3-8H3,(H,25,30)(H,26,29). The van der Waals surface area contributed by atoms with E-state index < -0.39 is 23.3 Å². The van der Waals surface area contributed by atoms with Gasteiger partial charge in [0.05, 0.1) is 0 Å². The zero-order chi connectivity index (χ0) is 23.8. The van der Waals surface area contributed by atoms with Gasteiger partial charge in [-0.15, -0.1) is 6.42 Å². The minimum absolute atomic E-state index is 0.281. The Bertz CT molecular complexity index is 811. The Balaban J connectivity index is 3.18. The van der Waals surface area contributed by atoms with Gasteiger partial charge in [0, 0.05) is 17.6 Å². The lowest BCUT2D eigenvalue weighted by atomic mass is 10.00. The van der Waals surface area contributed by atoms with E-state index in [9.17, 15) is 14.4 Å². The first-order valence-electron chi connectivity index (χ1n) is 10.4. The van der Waals surface area contributed by atoms with Gasteiger partial charge < -0.3 is 20.3 Å². The number of benzene rings is 1. The summed E-state index contributed by atoms with van der Waals surface area (Å²) in [6.45, 7) is 12.8. The van der Waals surface area contributed by atoms with Crippen LogP contribution in [-0.4, -0.2) is 47.0 Å². The number of ether oxygens (including phenoxy) is 1. The van der Waals surface area contributed by atoms with Crippen molar-refractivity contribution in [2.24, 2.45) is 0 Å². The molecule has 1 aromatic carbocycles. The number of hydrogen-bond donors (Lipinski definition) is 2. The van der Waals surface area contributed by atoms with Crippen molar-refractivity contribution in [3.05, 3.63) is 35.4 Å². The molecule has 0 spiro atoms. The monoisotopic (exact) mass is 429 g/mol. The average molecular weight is 430 g/mol. The van der Waals surface area contributed by atoms with Gasteiger partial charge in [-0.2, -0.15) is 0 Å². The van der Waals surface area contributed by atoms with Crippen LogP contribution in [0.3, 0.4) is 0 Å². The predicted octanol–water partition coefficient (Wildman–Crippen LogP) is 3.39. The van der Waals surface area contributed by atoms with E-state index in [1.54, 1.807) is 45.0 Å². The molecule has 3 amide bonds. The molecule has 0 aliphatic carbocycles. The van der Waals surface area contributed by atoms with E-state index in [4.69, 9.17) is 11.2 Å². The first kappa shape index (κ1) is 26.0. The zero-order valence-corrected chi connectivity index (χ0v) is 19.7. The van der Waals surface area contributed by atoms with Crippen LogP contribution in [0, 0.1) is 12.3 Å². The summed E-state index contributed by atoms with van der Waals surface area (Å²) in [5.41, 5.74) is 0.159. The van der Waals surface area contributed by atoms with Crippen molar-refractivity contribution >= 4 is 17.9 Å². The molecule has 0 saturated carbocycles. The summed E-state index contributed by atoms with van der Waals surface area (Å²) in [5, 5.41) is 5.43. The lowest BCUT2D eigenvalue weighted by Crippen LogP contribution is -2.51. The number of carbonyl (C=O) groups excluding carboxylic acids is 3. The number of alkyl carbamates (subject to hydrolysis) is 1. The fourth-order valence-electron chi connectivity index (χ4n) is 2.87. The second-order valence-electron chi connectivity index (χ2n) is 9.35. The molecule has 1 rings (SSSR count). The first-order valence-corrected chi connectivity index (χ1v) is 10.4. The largest absolute Gasteiger partial charge is 0.444 e. The summed E-state index contributed by atoms with van der Waals surface area (Å²) >= 11 is 0. The highest BCUT2D eigenvalue weighted by atomic mass is 16.6. The highest BCUT2D eigenvalue weighted by Crippen LogP contribution is 2.23. The molecule has 170 valence electrons. The molecule has 7 nitrogen and oxygen atoms in total. The summed E-state index contributed by atoms with van der Waals surface area (Å²) in [6.07, 6.45) is 5.39. The minimum Gasteiger partial charge on any atom is -0.444 e. The van der Waals surface area contributed by atoms with E-state index >= 15 is 0 Å². The molecule has 1 atom stereocenters. The molecule has 0 fully saturated rings. The smallest absolute Gasteiger partial charge is 0.408 e. The molecule has 0 aliphatic rings. The van der Waals surface area contributed by atoms with Gasteiger partial charge in [0.15, 0.2) is 0 Å². The fourth-order valence-corrected chi connectivity index (χ4v) is 2.87. The summed E-state index contributed by atoms with van der Waals surface area (Å²) < 4.78 is 5.19. The summed E-state index contributed by atoms with van der Waals surface area (Å²) in [4.78, 5) is 39.7. The van der Waals surface area contributed by atoms with Crippen molar-refractivity contribution in [2.45, 2.75) is 72.1 Å². The lowest BCUT2D eigenvalue weighted by molar-refractivity contribution is -0.141. The molecule has 2 N–H and O–H groups in total. The average Bonchev–Trinajstić information content (AvgIpc) is 2.63. The van der Waals surface area contributed by atoms with Crippen LogP contribution in [0.25, 0.3) is 0 Å². The third kappa shape index (κ3) is 9.12. The van der Waals surface area contributed by atoms with Gasteiger partial charge in [-0.25, -0.2) is 4.79 Å². The van der Waals surface area contributed by atoms with Crippen LogP contribution in [0.2, 0.25) is 0 Å². The number of nitrogens with one attached hydrogen (secondary N) is 2. The van der Waals surface area contributed by atoms with Gasteiger partial charge in [-0.05, 0) is 65.7 Å². The number of nitrogens with zero attached hydrogens (tertiary/aromatic N) is 1. The summed E-state index contributed by atoms with van der Waals surface area (Å²) in [7, 11) is 0. The van der Waals surface area contributed by atoms with E-state index in [0.29, 0.717) is 24.1 Å². The first-order chi connectivity index (χ1) is 14.3. The quantitative estimate of drug-likeness (QED) is 0.651. The fraction of sp³-hybridized carbons (Fsp3) is 0.542. The SMILES string of the molecule is C#Cc1ccc(C(C(=O)NC(C)(C)C)N(CCC)C(=O)CNC(=O)OC(C)(C)C)cc1. The Morgan fingerprint density at radius 1 is 1.10 bits per heavy atom. The Morgan fingerprint density at radius 3 is 2.13 bits per heavy atom. The van der Waals surface area contributed by atoms with Crippen molar-refractivity contribution < 1.29 is 19.1 Å². The van der Waals surface area contributed by atoms with Crippen LogP contribution in [0.4, 0.5) is 4.79 Å². The molecule has 0 aromatic heterocycles. The third-order valence-electron chi connectivity index (χ3n) is 4.02. The summed E-state index contributed by atoms with van der Waals surface area (Å²) in [6, 6.07) is 6.11. The lowest BCUT2D eigenvalue weighted by Gasteiger charge is -2.33. The van der Waals surface area contributed by atoms with Crippen molar-refractivity contribution in [3.63, 3.8) is 0 Å². The molecule has 7 heteroatoms. The molecule has 0 bridgehead atoms. The highest BCUT2D eigenvalue weighted by molar-refractivity contribution is 5.90. The highest BCUT2D eigenvalue weighted by Gasteiger charge is 2.33. The minimum atomic E-state index is -0.862. The summed E-state index contributed by atoms with van der Waals surface area (Å²) in [5.74, 6) is 1.85. The van der Waals surface area contributed by atoms with E-state index in [1.807, 2.05) is 27.7 Å². The number of rotatable bonds is 7. The number of amides is 3. The third-order valence-corrected chi connectivity index (χ3v) is 4.02. The maximum atomic E-state index is 13.2. The second-order valence-corrected chi connectivity index (χ2v) is 9.35. The molecule has 0 aliphatic heterocycles. The molecule has 1 aromatic rings. The van der Waals surface area contributed by atoms with Crippen LogP contribution in [0.5, 0.6) is 0 Å².